The van der Waals surface area contributed by atoms with E-state index in [0.717, 1.165) is 10.00 Å². The van der Waals surface area contributed by atoms with Gasteiger partial charge in [-0.15, -0.1) is 0 Å². The molecule has 0 aliphatic carbocycles. The maximum Gasteiger partial charge on any atom is 0.302 e. The zero-order valence-corrected chi connectivity index (χ0v) is 11.3. The molecule has 0 saturated heterocycles. The van der Waals surface area contributed by atoms with Crippen molar-refractivity contribution in [1.82, 2.24) is 14.1 Å². The molecule has 0 fully saturated rings. The molecule has 0 radical (unpaired) electrons. The molecule has 1 rings (SSSR count). The zero-order valence-electron chi connectivity index (χ0n) is 8.94. The summed E-state index contributed by atoms with van der Waals surface area (Å²) in [5.41, 5.74) is 0.731. The van der Waals surface area contributed by atoms with Crippen molar-refractivity contribution in [1.29, 1.82) is 0 Å². The van der Waals surface area contributed by atoms with Gasteiger partial charge in [0, 0.05) is 21.1 Å². The third kappa shape index (κ3) is 2.50. The molecule has 1 N–H and O–H groups in total. The number of aromatic nitrogens is 2. The van der Waals surface area contributed by atoms with Crippen LogP contribution in [0.1, 0.15) is 5.69 Å². The second kappa shape index (κ2) is 4.11. The Hall–Kier alpha value is -0.600. The van der Waals surface area contributed by atoms with E-state index in [1.165, 1.54) is 18.8 Å². The van der Waals surface area contributed by atoms with Crippen molar-refractivity contribution in [2.75, 3.05) is 18.8 Å². The maximum absolute atomic E-state index is 11.6. The number of hydrogen-bond donors (Lipinski definition) is 1. The van der Waals surface area contributed by atoms with E-state index in [1.54, 1.807) is 14.0 Å². The standard InChI is InChI=1S/C7H13BrN4O2S/c1-5-6(8)7(12(4)9-5)10-15(13,14)11(2)3/h10H,1-4H3. The number of rotatable bonds is 3. The Morgan fingerprint density at radius 1 is 1.47 bits per heavy atom. The minimum Gasteiger partial charge on any atom is -0.254 e. The van der Waals surface area contributed by atoms with Crippen molar-refractivity contribution in [2.45, 2.75) is 6.92 Å². The Balaban J connectivity index is 3.11. The number of aryl methyl sites for hydroxylation is 2. The van der Waals surface area contributed by atoms with Gasteiger partial charge in [0.05, 0.1) is 10.2 Å². The SMILES string of the molecule is Cc1nn(C)c(NS(=O)(=O)N(C)C)c1Br. The van der Waals surface area contributed by atoms with Crippen LogP contribution in [-0.2, 0) is 17.3 Å². The summed E-state index contributed by atoms with van der Waals surface area (Å²) in [5.74, 6) is 0.418. The van der Waals surface area contributed by atoms with Gasteiger partial charge in [-0.2, -0.15) is 17.8 Å². The van der Waals surface area contributed by atoms with Crippen LogP contribution in [0.4, 0.5) is 5.82 Å². The Kier molecular flexibility index (Phi) is 3.41. The summed E-state index contributed by atoms with van der Waals surface area (Å²) >= 11 is 3.27. The quantitative estimate of drug-likeness (QED) is 0.893. The summed E-state index contributed by atoms with van der Waals surface area (Å²) < 4.78 is 28.8. The lowest BCUT2D eigenvalue weighted by Crippen LogP contribution is -2.29. The summed E-state index contributed by atoms with van der Waals surface area (Å²) in [6, 6.07) is 0. The van der Waals surface area contributed by atoms with Crippen molar-refractivity contribution < 1.29 is 8.42 Å². The molecule has 0 unspecified atom stereocenters. The van der Waals surface area contributed by atoms with E-state index in [9.17, 15) is 8.42 Å². The van der Waals surface area contributed by atoms with E-state index in [4.69, 9.17) is 0 Å². The first-order chi connectivity index (χ1) is 6.75. The lowest BCUT2D eigenvalue weighted by molar-refractivity contribution is 0.526. The molecule has 0 bridgehead atoms. The summed E-state index contributed by atoms with van der Waals surface area (Å²) in [6.07, 6.45) is 0. The smallest absolute Gasteiger partial charge is 0.254 e. The Labute approximate surface area is 97.6 Å². The van der Waals surface area contributed by atoms with E-state index >= 15 is 0 Å². The predicted octanol–water partition coefficient (Wildman–Crippen LogP) is 0.709. The lowest BCUT2D eigenvalue weighted by atomic mass is 10.5. The zero-order chi connectivity index (χ0) is 11.8. The van der Waals surface area contributed by atoms with Crippen LogP contribution >= 0.6 is 15.9 Å². The fourth-order valence-corrected chi connectivity index (χ4v) is 2.18. The largest absolute Gasteiger partial charge is 0.302 e. The third-order valence-corrected chi connectivity index (χ3v) is 4.22. The van der Waals surface area contributed by atoms with Gasteiger partial charge in [-0.1, -0.05) is 0 Å². The maximum atomic E-state index is 11.6. The monoisotopic (exact) mass is 296 g/mol. The van der Waals surface area contributed by atoms with Gasteiger partial charge in [0.15, 0.2) is 5.82 Å². The fourth-order valence-electron chi connectivity index (χ4n) is 0.957. The molecule has 1 heterocycles. The van der Waals surface area contributed by atoms with Gasteiger partial charge in [-0.3, -0.25) is 9.40 Å². The van der Waals surface area contributed by atoms with Gasteiger partial charge in [0.25, 0.3) is 0 Å². The molecule has 0 aliphatic heterocycles. The Morgan fingerprint density at radius 3 is 2.33 bits per heavy atom. The molecule has 1 aromatic rings. The van der Waals surface area contributed by atoms with Gasteiger partial charge in [-0.05, 0) is 22.9 Å². The number of nitrogens with zero attached hydrogens (tertiary/aromatic N) is 3. The van der Waals surface area contributed by atoms with Crippen LogP contribution in [0, 0.1) is 6.92 Å². The molecule has 1 aromatic heterocycles. The number of hydrogen-bond acceptors (Lipinski definition) is 3. The van der Waals surface area contributed by atoms with Crippen molar-refractivity contribution in [3.63, 3.8) is 0 Å². The molecular formula is C7H13BrN4O2S. The molecule has 0 saturated carbocycles. The highest BCUT2D eigenvalue weighted by atomic mass is 79.9. The normalized spacial score (nSPS) is 12.1. The van der Waals surface area contributed by atoms with Gasteiger partial charge in [0.2, 0.25) is 0 Å². The number of anilines is 1. The topological polar surface area (TPSA) is 67.2 Å². The summed E-state index contributed by atoms with van der Waals surface area (Å²) in [7, 11) is 1.10. The average molecular weight is 297 g/mol. The molecule has 0 amide bonds. The van der Waals surface area contributed by atoms with Crippen LogP contribution in [0.2, 0.25) is 0 Å². The molecular weight excluding hydrogens is 284 g/mol. The average Bonchev–Trinajstić information content (AvgIpc) is 2.32. The van der Waals surface area contributed by atoms with Crippen LogP contribution in [0.5, 0.6) is 0 Å². The lowest BCUT2D eigenvalue weighted by Gasteiger charge is -2.13. The third-order valence-electron chi connectivity index (χ3n) is 1.86. The van der Waals surface area contributed by atoms with E-state index < -0.39 is 10.2 Å². The highest BCUT2D eigenvalue weighted by Gasteiger charge is 2.19. The first-order valence-electron chi connectivity index (χ1n) is 4.15. The fraction of sp³-hybridized carbons (Fsp3) is 0.571. The van der Waals surface area contributed by atoms with Crippen LogP contribution in [0.3, 0.4) is 0 Å². The number of halogens is 1. The minimum absolute atomic E-state index is 0.418. The Bertz CT molecular complexity index is 466. The summed E-state index contributed by atoms with van der Waals surface area (Å²) in [5, 5.41) is 4.08. The molecule has 0 aliphatic rings. The molecule has 0 spiro atoms. The van der Waals surface area contributed by atoms with Crippen LogP contribution in [0.15, 0.2) is 4.47 Å². The van der Waals surface area contributed by atoms with E-state index in [-0.39, 0.29) is 0 Å². The molecule has 15 heavy (non-hydrogen) atoms. The molecule has 0 atom stereocenters. The second-order valence-electron chi connectivity index (χ2n) is 3.26. The highest BCUT2D eigenvalue weighted by molar-refractivity contribution is 9.10. The van der Waals surface area contributed by atoms with Crippen LogP contribution < -0.4 is 4.72 Å². The van der Waals surface area contributed by atoms with E-state index in [2.05, 4.69) is 25.8 Å². The van der Waals surface area contributed by atoms with E-state index in [1.807, 2.05) is 0 Å². The number of nitrogens with one attached hydrogen (secondary N) is 1. The molecule has 86 valence electrons. The summed E-state index contributed by atoms with van der Waals surface area (Å²) in [4.78, 5) is 0. The van der Waals surface area contributed by atoms with Crippen LogP contribution in [0.25, 0.3) is 0 Å². The van der Waals surface area contributed by atoms with Gasteiger partial charge in [0.1, 0.15) is 0 Å². The van der Waals surface area contributed by atoms with Gasteiger partial charge in [-0.25, -0.2) is 0 Å². The first-order valence-corrected chi connectivity index (χ1v) is 6.38. The highest BCUT2D eigenvalue weighted by Crippen LogP contribution is 2.25. The van der Waals surface area contributed by atoms with Gasteiger partial charge < -0.3 is 0 Å². The molecule has 0 aromatic carbocycles. The van der Waals surface area contributed by atoms with Crippen molar-refractivity contribution >= 4 is 32.0 Å². The Morgan fingerprint density at radius 2 is 2.00 bits per heavy atom. The van der Waals surface area contributed by atoms with Gasteiger partial charge >= 0.3 is 10.2 Å². The second-order valence-corrected chi connectivity index (χ2v) is 5.94. The minimum atomic E-state index is -3.49. The van der Waals surface area contributed by atoms with Crippen molar-refractivity contribution in [3.05, 3.63) is 10.2 Å². The molecule has 8 heteroatoms. The van der Waals surface area contributed by atoms with Crippen LogP contribution in [-0.4, -0.2) is 36.6 Å². The predicted molar refractivity (Wildman–Crippen MR) is 61.9 cm³/mol. The van der Waals surface area contributed by atoms with E-state index in [0.29, 0.717) is 10.3 Å². The summed E-state index contributed by atoms with van der Waals surface area (Å²) in [6.45, 7) is 1.79. The van der Waals surface area contributed by atoms with Crippen molar-refractivity contribution in [2.24, 2.45) is 7.05 Å². The first kappa shape index (κ1) is 12.5. The van der Waals surface area contributed by atoms with Crippen molar-refractivity contribution in [3.8, 4) is 0 Å². The molecule has 6 nitrogen and oxygen atoms in total.